The van der Waals surface area contributed by atoms with Gasteiger partial charge in [-0.3, -0.25) is 19.1 Å². The summed E-state index contributed by atoms with van der Waals surface area (Å²) in [6.45, 7) is 0. The van der Waals surface area contributed by atoms with Crippen LogP contribution in [0.15, 0.2) is 29.2 Å². The second kappa shape index (κ2) is 5.39. The number of carbonyl (C=O) groups is 1. The molecule has 1 saturated carbocycles. The predicted octanol–water partition coefficient (Wildman–Crippen LogP) is 2.21. The average molecular weight is 267 g/mol. The molecule has 0 spiro atoms. The lowest BCUT2D eigenvalue weighted by Gasteiger charge is -2.19. The smallest absolute Gasteiger partial charge is 0.285 e. The number of rotatable bonds is 3. The van der Waals surface area contributed by atoms with E-state index in [9.17, 15) is 19.1 Å². The maximum atomic E-state index is 12.3. The first kappa shape index (κ1) is 12.9. The third-order valence-corrected chi connectivity index (χ3v) is 4.83. The summed E-state index contributed by atoms with van der Waals surface area (Å²) < 4.78 is 12.3. The molecular weight excluding hydrogens is 254 g/mol. The largest absolute Gasteiger partial charge is 0.298 e. The highest BCUT2D eigenvalue weighted by Crippen LogP contribution is 2.28. The summed E-state index contributed by atoms with van der Waals surface area (Å²) in [6, 6.07) is 5.92. The van der Waals surface area contributed by atoms with Crippen molar-refractivity contribution in [3.05, 3.63) is 34.4 Å². The lowest BCUT2D eigenvalue weighted by Crippen LogP contribution is -2.29. The number of nitrogens with zero attached hydrogens (tertiary/aromatic N) is 1. The van der Waals surface area contributed by atoms with E-state index in [0.717, 1.165) is 12.8 Å². The molecule has 2 unspecified atom stereocenters. The minimum atomic E-state index is -1.62. The van der Waals surface area contributed by atoms with E-state index in [4.69, 9.17) is 0 Å². The molecule has 2 rings (SSSR count). The molecule has 0 aromatic heterocycles. The van der Waals surface area contributed by atoms with Crippen molar-refractivity contribution >= 4 is 22.3 Å². The van der Waals surface area contributed by atoms with Gasteiger partial charge in [0.1, 0.15) is 10.7 Å². The number of hydrogen-bond donors (Lipinski definition) is 0. The molecule has 0 heterocycles. The summed E-state index contributed by atoms with van der Waals surface area (Å²) in [4.78, 5) is 22.2. The zero-order valence-electron chi connectivity index (χ0n) is 9.70. The predicted molar refractivity (Wildman–Crippen MR) is 66.8 cm³/mol. The van der Waals surface area contributed by atoms with Crippen LogP contribution in [0.1, 0.15) is 25.7 Å². The molecule has 2 atom stereocenters. The van der Waals surface area contributed by atoms with E-state index in [-0.39, 0.29) is 16.4 Å². The van der Waals surface area contributed by atoms with Gasteiger partial charge in [-0.05, 0) is 18.9 Å². The second-order valence-corrected chi connectivity index (χ2v) is 5.83. The maximum Gasteiger partial charge on any atom is 0.285 e. The molecule has 1 aliphatic rings. The molecule has 1 aliphatic carbocycles. The Kier molecular flexibility index (Phi) is 3.86. The van der Waals surface area contributed by atoms with Crippen LogP contribution < -0.4 is 0 Å². The van der Waals surface area contributed by atoms with Crippen molar-refractivity contribution in [2.24, 2.45) is 0 Å². The Morgan fingerprint density at radius 3 is 2.67 bits per heavy atom. The van der Waals surface area contributed by atoms with Gasteiger partial charge in [0.15, 0.2) is 0 Å². The summed E-state index contributed by atoms with van der Waals surface area (Å²) in [5.41, 5.74) is -0.172. The van der Waals surface area contributed by atoms with Crippen molar-refractivity contribution < 1.29 is 13.9 Å². The van der Waals surface area contributed by atoms with Crippen LogP contribution in [0, 0.1) is 10.1 Å². The van der Waals surface area contributed by atoms with Gasteiger partial charge in [-0.2, -0.15) is 0 Å². The molecule has 1 fully saturated rings. The Bertz CT molecular complexity index is 515. The Hall–Kier alpha value is -1.56. The molecule has 5 nitrogen and oxygen atoms in total. The zero-order valence-corrected chi connectivity index (χ0v) is 10.5. The van der Waals surface area contributed by atoms with Gasteiger partial charge >= 0.3 is 0 Å². The van der Waals surface area contributed by atoms with Crippen molar-refractivity contribution in [3.63, 3.8) is 0 Å². The van der Waals surface area contributed by atoms with Crippen molar-refractivity contribution in [2.45, 2.75) is 35.8 Å². The number of benzene rings is 1. The summed E-state index contributed by atoms with van der Waals surface area (Å²) in [5, 5.41) is 10.3. The molecular formula is C12H13NO4S. The van der Waals surface area contributed by atoms with Gasteiger partial charge in [0.2, 0.25) is 0 Å². The van der Waals surface area contributed by atoms with Gasteiger partial charge in [-0.15, -0.1) is 0 Å². The Labute approximate surface area is 107 Å². The van der Waals surface area contributed by atoms with Gasteiger partial charge < -0.3 is 0 Å². The van der Waals surface area contributed by atoms with Crippen LogP contribution in [-0.4, -0.2) is 20.2 Å². The molecule has 1 aromatic carbocycles. The van der Waals surface area contributed by atoms with Crippen LogP contribution in [0.5, 0.6) is 0 Å². The van der Waals surface area contributed by atoms with Crippen LogP contribution in [0.4, 0.5) is 5.69 Å². The summed E-state index contributed by atoms with van der Waals surface area (Å²) in [5.74, 6) is -0.0438. The molecule has 6 heteroatoms. The van der Waals surface area contributed by atoms with Crippen LogP contribution in [0.2, 0.25) is 0 Å². The highest BCUT2D eigenvalue weighted by atomic mass is 32.2. The number of carbonyl (C=O) groups excluding carboxylic acids is 1. The van der Waals surface area contributed by atoms with Gasteiger partial charge in [0.05, 0.1) is 21.0 Å². The third kappa shape index (κ3) is 2.48. The lowest BCUT2D eigenvalue weighted by molar-refractivity contribution is -0.387. The highest BCUT2D eigenvalue weighted by Gasteiger charge is 2.31. The highest BCUT2D eigenvalue weighted by molar-refractivity contribution is 7.86. The van der Waals surface area contributed by atoms with Crippen LogP contribution in [0.3, 0.4) is 0 Å². The molecule has 0 radical (unpaired) electrons. The summed E-state index contributed by atoms with van der Waals surface area (Å²) in [6.07, 6.45) is 2.65. The van der Waals surface area contributed by atoms with Gasteiger partial charge in [-0.1, -0.05) is 18.6 Å². The fourth-order valence-electron chi connectivity index (χ4n) is 2.11. The SMILES string of the molecule is O=C1CCCCC1S(=O)c1ccccc1[N+](=O)[O-]. The van der Waals surface area contributed by atoms with Gasteiger partial charge in [-0.25, -0.2) is 0 Å². The monoisotopic (exact) mass is 267 g/mol. The third-order valence-electron chi connectivity index (χ3n) is 3.04. The van der Waals surface area contributed by atoms with E-state index < -0.39 is 21.0 Å². The van der Waals surface area contributed by atoms with Crippen LogP contribution >= 0.6 is 0 Å². The number of para-hydroxylation sites is 1. The first-order valence-electron chi connectivity index (χ1n) is 5.78. The minimum absolute atomic E-state index is 0.0438. The molecule has 0 amide bonds. The lowest BCUT2D eigenvalue weighted by atomic mass is 9.99. The normalized spacial score (nSPS) is 21.6. The van der Waals surface area contributed by atoms with Crippen molar-refractivity contribution in [3.8, 4) is 0 Å². The molecule has 18 heavy (non-hydrogen) atoms. The Morgan fingerprint density at radius 2 is 2.00 bits per heavy atom. The number of nitro benzene ring substituents is 1. The topological polar surface area (TPSA) is 77.3 Å². The van der Waals surface area contributed by atoms with Gasteiger partial charge in [0, 0.05) is 12.5 Å². The van der Waals surface area contributed by atoms with E-state index in [1.807, 2.05) is 0 Å². The molecule has 0 N–H and O–H groups in total. The van der Waals surface area contributed by atoms with E-state index in [0.29, 0.717) is 12.8 Å². The second-order valence-electron chi connectivity index (χ2n) is 4.22. The van der Waals surface area contributed by atoms with Crippen molar-refractivity contribution in [2.75, 3.05) is 0 Å². The summed E-state index contributed by atoms with van der Waals surface area (Å²) in [7, 11) is -1.62. The van der Waals surface area contributed by atoms with E-state index in [2.05, 4.69) is 0 Å². The fraction of sp³-hybridized carbons (Fsp3) is 0.417. The molecule has 96 valence electrons. The van der Waals surface area contributed by atoms with Crippen LogP contribution in [0.25, 0.3) is 0 Å². The number of hydrogen-bond acceptors (Lipinski definition) is 4. The molecule has 1 aromatic rings. The first-order chi connectivity index (χ1) is 8.61. The molecule has 0 bridgehead atoms. The zero-order chi connectivity index (χ0) is 13.1. The van der Waals surface area contributed by atoms with Gasteiger partial charge in [0.25, 0.3) is 5.69 Å². The standard InChI is InChI=1S/C12H13NO4S/c14-10-6-2-4-8-12(10)18(17)11-7-3-1-5-9(11)13(15)16/h1,3,5,7,12H,2,4,6,8H2. The molecule has 0 saturated heterocycles. The van der Waals surface area contributed by atoms with Crippen molar-refractivity contribution in [1.29, 1.82) is 0 Å². The maximum absolute atomic E-state index is 12.3. The van der Waals surface area contributed by atoms with E-state index in [1.54, 1.807) is 6.07 Å². The minimum Gasteiger partial charge on any atom is -0.298 e. The first-order valence-corrected chi connectivity index (χ1v) is 6.99. The van der Waals surface area contributed by atoms with Crippen molar-refractivity contribution in [1.82, 2.24) is 0 Å². The quantitative estimate of drug-likeness (QED) is 0.621. The Balaban J connectivity index is 2.33. The van der Waals surface area contributed by atoms with Crippen LogP contribution in [-0.2, 0) is 15.6 Å². The van der Waals surface area contributed by atoms with E-state index in [1.165, 1.54) is 18.2 Å². The number of Topliss-reactive ketones (excluding diaryl/α,β-unsaturated/α-hetero) is 1. The average Bonchev–Trinajstić information content (AvgIpc) is 2.38. The fourth-order valence-corrected chi connectivity index (χ4v) is 3.71. The van der Waals surface area contributed by atoms with E-state index >= 15 is 0 Å². The summed E-state index contributed by atoms with van der Waals surface area (Å²) >= 11 is 0. The Morgan fingerprint density at radius 1 is 1.28 bits per heavy atom. The molecule has 0 aliphatic heterocycles. The number of nitro groups is 1. The number of ketones is 1.